The fraction of sp³-hybridized carbons (Fsp3) is 0.0526. The van der Waals surface area contributed by atoms with Gasteiger partial charge in [-0.1, -0.05) is 60.7 Å². The monoisotopic (exact) mass is 328 g/mol. The molecule has 0 unspecified atom stereocenters. The molecule has 0 radical (unpaired) electrons. The van der Waals surface area contributed by atoms with Crippen molar-refractivity contribution in [2.75, 3.05) is 5.32 Å². The molecule has 0 saturated carbocycles. The lowest BCUT2D eigenvalue weighted by atomic mass is 10.1. The molecule has 0 amide bonds. The third-order valence-electron chi connectivity index (χ3n) is 3.85. The van der Waals surface area contributed by atoms with E-state index in [1.165, 1.54) is 0 Å². The Morgan fingerprint density at radius 1 is 0.840 bits per heavy atom. The Bertz CT molecular complexity index is 950. The number of anilines is 1. The van der Waals surface area contributed by atoms with Gasteiger partial charge in [0.15, 0.2) is 0 Å². The Morgan fingerprint density at radius 2 is 1.56 bits per heavy atom. The summed E-state index contributed by atoms with van der Waals surface area (Å²) in [6, 6.07) is 20.0. The van der Waals surface area contributed by atoms with Crippen LogP contribution in [0.2, 0.25) is 0 Å². The van der Waals surface area contributed by atoms with Gasteiger partial charge in [-0.2, -0.15) is 10.2 Å². The molecule has 4 aromatic rings. The first-order valence-electron chi connectivity index (χ1n) is 7.97. The molecule has 0 fully saturated rings. The fourth-order valence-electron chi connectivity index (χ4n) is 2.60. The van der Waals surface area contributed by atoms with Crippen molar-refractivity contribution in [1.82, 2.24) is 25.4 Å². The average Bonchev–Trinajstić information content (AvgIpc) is 3.17. The molecule has 0 aliphatic heterocycles. The van der Waals surface area contributed by atoms with Gasteiger partial charge in [0.25, 0.3) is 0 Å². The minimum Gasteiger partial charge on any atom is -0.349 e. The molecule has 0 aliphatic rings. The molecule has 0 bridgehead atoms. The lowest BCUT2D eigenvalue weighted by Gasteiger charge is -2.06. The van der Waals surface area contributed by atoms with Gasteiger partial charge in [0.1, 0.15) is 0 Å². The number of hydrogen-bond donors (Lipinski definition) is 2. The molecule has 0 atom stereocenters. The Labute approximate surface area is 145 Å². The summed E-state index contributed by atoms with van der Waals surface area (Å²) in [6.45, 7) is 0.556. The van der Waals surface area contributed by atoms with Crippen LogP contribution in [0, 0.1) is 0 Å². The van der Waals surface area contributed by atoms with Crippen LogP contribution in [-0.2, 0) is 6.54 Å². The van der Waals surface area contributed by atoms with Crippen LogP contribution in [0.1, 0.15) is 5.56 Å². The van der Waals surface area contributed by atoms with Gasteiger partial charge in [0.2, 0.25) is 5.95 Å². The topological polar surface area (TPSA) is 79.4 Å². The van der Waals surface area contributed by atoms with E-state index in [9.17, 15) is 0 Å². The van der Waals surface area contributed by atoms with Crippen molar-refractivity contribution < 1.29 is 0 Å². The number of aromatic nitrogens is 5. The summed E-state index contributed by atoms with van der Waals surface area (Å²) < 4.78 is 0. The molecule has 0 aliphatic carbocycles. The van der Waals surface area contributed by atoms with Crippen LogP contribution in [0.5, 0.6) is 0 Å². The van der Waals surface area contributed by atoms with Crippen LogP contribution in [-0.4, -0.2) is 25.4 Å². The lowest BCUT2D eigenvalue weighted by molar-refractivity contribution is 0.950. The fourth-order valence-corrected chi connectivity index (χ4v) is 2.60. The predicted octanol–water partition coefficient (Wildman–Crippen LogP) is 3.54. The van der Waals surface area contributed by atoms with E-state index in [1.807, 2.05) is 66.9 Å². The van der Waals surface area contributed by atoms with Crippen molar-refractivity contribution in [1.29, 1.82) is 0 Å². The first kappa shape index (κ1) is 15.0. The van der Waals surface area contributed by atoms with E-state index in [0.717, 1.165) is 28.1 Å². The van der Waals surface area contributed by atoms with Crippen LogP contribution in [0.25, 0.3) is 22.5 Å². The maximum absolute atomic E-state index is 4.53. The summed E-state index contributed by atoms with van der Waals surface area (Å²) in [5.74, 6) is 0.488. The highest BCUT2D eigenvalue weighted by atomic mass is 15.2. The molecular formula is C19H16N6. The third-order valence-corrected chi connectivity index (χ3v) is 3.85. The molecule has 0 saturated heterocycles. The summed E-state index contributed by atoms with van der Waals surface area (Å²) in [5.41, 5.74) is 4.91. The quantitative estimate of drug-likeness (QED) is 0.586. The van der Waals surface area contributed by atoms with Gasteiger partial charge in [0, 0.05) is 17.7 Å². The van der Waals surface area contributed by atoms with E-state index in [1.54, 1.807) is 6.20 Å². The number of rotatable bonds is 5. The van der Waals surface area contributed by atoms with E-state index in [2.05, 4.69) is 30.7 Å². The van der Waals surface area contributed by atoms with Crippen molar-refractivity contribution in [2.24, 2.45) is 0 Å². The van der Waals surface area contributed by atoms with E-state index >= 15 is 0 Å². The van der Waals surface area contributed by atoms with Gasteiger partial charge in [-0.15, -0.1) is 5.10 Å². The molecule has 0 spiro atoms. The first-order chi connectivity index (χ1) is 12.4. The minimum absolute atomic E-state index is 0.488. The number of benzene rings is 2. The van der Waals surface area contributed by atoms with Crippen LogP contribution in [0.15, 0.2) is 73.1 Å². The van der Waals surface area contributed by atoms with Crippen molar-refractivity contribution in [2.45, 2.75) is 6.54 Å². The Kier molecular flexibility index (Phi) is 4.16. The summed E-state index contributed by atoms with van der Waals surface area (Å²) in [5, 5.41) is 18.5. The maximum Gasteiger partial charge on any atom is 0.243 e. The van der Waals surface area contributed by atoms with Gasteiger partial charge in [-0.25, -0.2) is 4.98 Å². The molecule has 6 heteroatoms. The van der Waals surface area contributed by atoms with Crippen LogP contribution in [0.4, 0.5) is 5.95 Å². The first-order valence-corrected chi connectivity index (χ1v) is 7.97. The van der Waals surface area contributed by atoms with Gasteiger partial charge in [-0.05, 0) is 5.56 Å². The molecule has 2 aromatic carbocycles. The number of nitrogens with zero attached hydrogens (tertiary/aromatic N) is 4. The van der Waals surface area contributed by atoms with Gasteiger partial charge >= 0.3 is 0 Å². The lowest BCUT2D eigenvalue weighted by Crippen LogP contribution is -2.05. The van der Waals surface area contributed by atoms with E-state index in [0.29, 0.717) is 12.5 Å². The zero-order chi connectivity index (χ0) is 16.9. The second-order valence-electron chi connectivity index (χ2n) is 5.52. The second-order valence-corrected chi connectivity index (χ2v) is 5.52. The average molecular weight is 328 g/mol. The van der Waals surface area contributed by atoms with Crippen LogP contribution < -0.4 is 5.32 Å². The van der Waals surface area contributed by atoms with Gasteiger partial charge in [0.05, 0.1) is 23.8 Å². The number of H-pyrrole nitrogens is 1. The maximum atomic E-state index is 4.53. The molecule has 2 aromatic heterocycles. The van der Waals surface area contributed by atoms with Crippen molar-refractivity contribution >= 4 is 5.95 Å². The van der Waals surface area contributed by atoms with Crippen LogP contribution >= 0.6 is 0 Å². The summed E-state index contributed by atoms with van der Waals surface area (Å²) in [7, 11) is 0. The smallest absolute Gasteiger partial charge is 0.243 e. The van der Waals surface area contributed by atoms with Gasteiger partial charge < -0.3 is 5.32 Å². The zero-order valence-electron chi connectivity index (χ0n) is 13.4. The van der Waals surface area contributed by atoms with E-state index in [4.69, 9.17) is 0 Å². The predicted molar refractivity (Wildman–Crippen MR) is 96.6 cm³/mol. The standard InChI is InChI=1S/C19H16N6/c1-3-7-14(8-4-1)17-13-22-25-19(23-17)20-11-16-12-21-24-18(16)15-9-5-2-6-10-15/h1-10,12-13H,11H2,(H,21,24)(H,20,23,25). The molecule has 4 rings (SSSR count). The van der Waals surface area contributed by atoms with Crippen LogP contribution in [0.3, 0.4) is 0 Å². The zero-order valence-corrected chi connectivity index (χ0v) is 13.4. The van der Waals surface area contributed by atoms with Crippen molar-refractivity contribution in [3.63, 3.8) is 0 Å². The number of nitrogens with one attached hydrogen (secondary N) is 2. The molecule has 122 valence electrons. The van der Waals surface area contributed by atoms with E-state index < -0.39 is 0 Å². The normalized spacial score (nSPS) is 10.6. The summed E-state index contributed by atoms with van der Waals surface area (Å²) >= 11 is 0. The van der Waals surface area contributed by atoms with Crippen molar-refractivity contribution in [3.05, 3.63) is 78.6 Å². The molecular weight excluding hydrogens is 312 g/mol. The van der Waals surface area contributed by atoms with Crippen molar-refractivity contribution in [3.8, 4) is 22.5 Å². The van der Waals surface area contributed by atoms with Gasteiger partial charge in [-0.3, -0.25) is 5.10 Å². The summed E-state index contributed by atoms with van der Waals surface area (Å²) in [4.78, 5) is 4.53. The largest absolute Gasteiger partial charge is 0.349 e. The highest BCUT2D eigenvalue weighted by Crippen LogP contribution is 2.21. The second kappa shape index (κ2) is 6.92. The number of hydrogen-bond acceptors (Lipinski definition) is 5. The summed E-state index contributed by atoms with van der Waals surface area (Å²) in [6.07, 6.45) is 3.47. The number of aromatic amines is 1. The Hall–Kier alpha value is -3.54. The molecule has 25 heavy (non-hydrogen) atoms. The minimum atomic E-state index is 0.488. The Balaban J connectivity index is 1.53. The highest BCUT2D eigenvalue weighted by Gasteiger charge is 2.08. The highest BCUT2D eigenvalue weighted by molar-refractivity contribution is 5.63. The van der Waals surface area contributed by atoms with E-state index in [-0.39, 0.29) is 0 Å². The molecule has 2 N–H and O–H groups in total. The Morgan fingerprint density at radius 3 is 2.32 bits per heavy atom. The SMILES string of the molecule is c1ccc(-c2cnnc(NCc3cn[nH]c3-c3ccccc3)n2)cc1. The molecule has 2 heterocycles. The third kappa shape index (κ3) is 3.37. The molecule has 6 nitrogen and oxygen atoms in total.